The Labute approximate surface area is 151 Å². The van der Waals surface area contributed by atoms with Crippen LogP contribution in [0.15, 0.2) is 53.0 Å². The van der Waals surface area contributed by atoms with Crippen LogP contribution in [-0.4, -0.2) is 43.6 Å². The van der Waals surface area contributed by atoms with E-state index in [0.717, 1.165) is 42.0 Å². The molecular formula is C19H21BrN2O2. The van der Waals surface area contributed by atoms with E-state index in [2.05, 4.69) is 33.0 Å². The fourth-order valence-electron chi connectivity index (χ4n) is 2.80. The molecule has 1 aliphatic heterocycles. The van der Waals surface area contributed by atoms with Gasteiger partial charge in [-0.3, -0.25) is 4.79 Å². The van der Waals surface area contributed by atoms with Crippen LogP contribution in [0.3, 0.4) is 0 Å². The number of nitrogens with zero attached hydrogens (tertiary/aromatic N) is 2. The largest absolute Gasteiger partial charge is 0.484 e. The summed E-state index contributed by atoms with van der Waals surface area (Å²) in [6.07, 6.45) is 0. The fourth-order valence-corrected chi connectivity index (χ4v) is 3.04. The van der Waals surface area contributed by atoms with Crippen LogP contribution < -0.4 is 9.64 Å². The van der Waals surface area contributed by atoms with Crippen molar-refractivity contribution >= 4 is 27.5 Å². The molecule has 126 valence electrons. The lowest BCUT2D eigenvalue weighted by molar-refractivity contribution is -0.133. The molecule has 0 saturated carbocycles. The van der Waals surface area contributed by atoms with Crippen LogP contribution in [0.25, 0.3) is 0 Å². The van der Waals surface area contributed by atoms with Crippen molar-refractivity contribution in [2.24, 2.45) is 0 Å². The Kier molecular flexibility index (Phi) is 5.41. The van der Waals surface area contributed by atoms with Crippen molar-refractivity contribution < 1.29 is 9.53 Å². The lowest BCUT2D eigenvalue weighted by atomic mass is 10.2. The molecule has 1 amide bonds. The van der Waals surface area contributed by atoms with Crippen LogP contribution in [0.1, 0.15) is 5.56 Å². The molecule has 0 aliphatic carbocycles. The molecule has 0 atom stereocenters. The number of para-hydroxylation sites is 1. The number of halogens is 1. The number of anilines is 1. The maximum absolute atomic E-state index is 12.3. The third kappa shape index (κ3) is 4.09. The smallest absolute Gasteiger partial charge is 0.260 e. The number of carbonyl (C=O) groups excluding carboxylic acids is 1. The molecule has 4 nitrogen and oxygen atoms in total. The van der Waals surface area contributed by atoms with Gasteiger partial charge in [0.15, 0.2) is 6.61 Å². The molecule has 1 fully saturated rings. The summed E-state index contributed by atoms with van der Waals surface area (Å²) in [5, 5.41) is 0. The fraction of sp³-hybridized carbons (Fsp3) is 0.316. The van der Waals surface area contributed by atoms with Crippen molar-refractivity contribution in [3.63, 3.8) is 0 Å². The number of hydrogen-bond donors (Lipinski definition) is 0. The van der Waals surface area contributed by atoms with E-state index in [1.165, 1.54) is 5.69 Å². The summed E-state index contributed by atoms with van der Waals surface area (Å²) < 4.78 is 6.68. The predicted molar refractivity (Wildman–Crippen MR) is 99.6 cm³/mol. The van der Waals surface area contributed by atoms with Crippen LogP contribution in [0.2, 0.25) is 0 Å². The highest BCUT2D eigenvalue weighted by atomic mass is 79.9. The molecule has 0 unspecified atom stereocenters. The molecule has 2 aromatic rings. The van der Waals surface area contributed by atoms with Crippen molar-refractivity contribution in [2.75, 3.05) is 37.7 Å². The van der Waals surface area contributed by atoms with Crippen molar-refractivity contribution in [3.05, 3.63) is 58.6 Å². The van der Waals surface area contributed by atoms with Gasteiger partial charge in [0.1, 0.15) is 5.75 Å². The number of carbonyl (C=O) groups is 1. The van der Waals surface area contributed by atoms with E-state index in [9.17, 15) is 4.79 Å². The van der Waals surface area contributed by atoms with Gasteiger partial charge in [0, 0.05) is 36.3 Å². The molecule has 0 N–H and O–H groups in total. The third-order valence-electron chi connectivity index (χ3n) is 4.25. The second-order valence-corrected chi connectivity index (χ2v) is 6.76. The minimum absolute atomic E-state index is 0.0447. The van der Waals surface area contributed by atoms with E-state index >= 15 is 0 Å². The van der Waals surface area contributed by atoms with Gasteiger partial charge in [-0.25, -0.2) is 0 Å². The van der Waals surface area contributed by atoms with Gasteiger partial charge < -0.3 is 14.5 Å². The van der Waals surface area contributed by atoms with Crippen LogP contribution in [0, 0.1) is 6.92 Å². The van der Waals surface area contributed by atoms with Crippen LogP contribution in [0.4, 0.5) is 5.69 Å². The molecular weight excluding hydrogens is 368 g/mol. The number of amides is 1. The number of rotatable bonds is 4. The van der Waals surface area contributed by atoms with Crippen molar-refractivity contribution in [1.29, 1.82) is 0 Å². The molecule has 0 spiro atoms. The minimum atomic E-state index is 0.0447. The second-order valence-electron chi connectivity index (χ2n) is 5.90. The average Bonchev–Trinajstić information content (AvgIpc) is 2.63. The number of benzene rings is 2. The molecule has 0 bridgehead atoms. The van der Waals surface area contributed by atoms with Crippen molar-refractivity contribution in [2.45, 2.75) is 6.92 Å². The molecule has 3 rings (SSSR count). The van der Waals surface area contributed by atoms with E-state index < -0.39 is 0 Å². The normalized spacial score (nSPS) is 14.6. The Morgan fingerprint density at radius 3 is 2.46 bits per heavy atom. The monoisotopic (exact) mass is 388 g/mol. The van der Waals surface area contributed by atoms with Gasteiger partial charge in [-0.2, -0.15) is 0 Å². The molecule has 0 radical (unpaired) electrons. The summed E-state index contributed by atoms with van der Waals surface area (Å²) in [5.74, 6) is 0.773. The van der Waals surface area contributed by atoms with Gasteiger partial charge in [-0.1, -0.05) is 34.1 Å². The Balaban J connectivity index is 1.49. The topological polar surface area (TPSA) is 32.8 Å². The first kappa shape index (κ1) is 16.8. The first-order valence-electron chi connectivity index (χ1n) is 8.10. The number of piperazine rings is 1. The lowest BCUT2D eigenvalue weighted by Crippen LogP contribution is -2.50. The van der Waals surface area contributed by atoms with Gasteiger partial charge in [-0.05, 0) is 42.8 Å². The number of ether oxygens (including phenoxy) is 1. The summed E-state index contributed by atoms with van der Waals surface area (Å²) in [6.45, 7) is 5.27. The first-order valence-corrected chi connectivity index (χ1v) is 8.89. The highest BCUT2D eigenvalue weighted by Crippen LogP contribution is 2.21. The zero-order chi connectivity index (χ0) is 16.9. The summed E-state index contributed by atoms with van der Waals surface area (Å²) >= 11 is 3.46. The molecule has 5 heteroatoms. The maximum Gasteiger partial charge on any atom is 0.260 e. The minimum Gasteiger partial charge on any atom is -0.484 e. The maximum atomic E-state index is 12.3. The second kappa shape index (κ2) is 7.71. The number of hydrogen-bond acceptors (Lipinski definition) is 3. The Morgan fingerprint density at radius 2 is 1.79 bits per heavy atom. The molecule has 1 heterocycles. The molecule has 1 aliphatic rings. The summed E-state index contributed by atoms with van der Waals surface area (Å²) in [6, 6.07) is 16.1. The average molecular weight is 389 g/mol. The third-order valence-corrected chi connectivity index (χ3v) is 5.14. The summed E-state index contributed by atoms with van der Waals surface area (Å²) in [7, 11) is 0. The van der Waals surface area contributed by atoms with E-state index in [1.807, 2.05) is 48.2 Å². The van der Waals surface area contributed by atoms with Gasteiger partial charge in [0.25, 0.3) is 5.91 Å². The summed E-state index contributed by atoms with van der Waals surface area (Å²) in [4.78, 5) is 16.5. The van der Waals surface area contributed by atoms with Gasteiger partial charge in [-0.15, -0.1) is 0 Å². The quantitative estimate of drug-likeness (QED) is 0.803. The Hall–Kier alpha value is -2.01. The SMILES string of the molecule is Cc1cc(OCC(=O)N2CCN(c3ccccc3)CC2)ccc1Br. The van der Waals surface area contributed by atoms with Crippen molar-refractivity contribution in [1.82, 2.24) is 4.90 Å². The zero-order valence-electron chi connectivity index (χ0n) is 13.7. The van der Waals surface area contributed by atoms with Crippen LogP contribution >= 0.6 is 15.9 Å². The molecule has 2 aromatic carbocycles. The van der Waals surface area contributed by atoms with E-state index in [0.29, 0.717) is 0 Å². The summed E-state index contributed by atoms with van der Waals surface area (Å²) in [5.41, 5.74) is 2.31. The van der Waals surface area contributed by atoms with Crippen LogP contribution in [-0.2, 0) is 4.79 Å². The van der Waals surface area contributed by atoms with E-state index in [4.69, 9.17) is 4.74 Å². The standard InChI is InChI=1S/C19H21BrN2O2/c1-15-13-17(7-8-18(15)20)24-14-19(23)22-11-9-21(10-12-22)16-5-3-2-4-6-16/h2-8,13H,9-12,14H2,1H3. The van der Waals surface area contributed by atoms with Gasteiger partial charge in [0.05, 0.1) is 0 Å². The Morgan fingerprint density at radius 1 is 1.08 bits per heavy atom. The van der Waals surface area contributed by atoms with Crippen LogP contribution in [0.5, 0.6) is 5.75 Å². The van der Waals surface area contributed by atoms with E-state index in [-0.39, 0.29) is 12.5 Å². The molecule has 24 heavy (non-hydrogen) atoms. The zero-order valence-corrected chi connectivity index (χ0v) is 15.3. The lowest BCUT2D eigenvalue weighted by Gasteiger charge is -2.36. The molecule has 1 saturated heterocycles. The van der Waals surface area contributed by atoms with E-state index in [1.54, 1.807) is 0 Å². The highest BCUT2D eigenvalue weighted by Gasteiger charge is 2.21. The highest BCUT2D eigenvalue weighted by molar-refractivity contribution is 9.10. The molecule has 0 aromatic heterocycles. The van der Waals surface area contributed by atoms with Crippen molar-refractivity contribution in [3.8, 4) is 5.75 Å². The number of aryl methyl sites for hydroxylation is 1. The predicted octanol–water partition coefficient (Wildman–Crippen LogP) is 3.49. The van der Waals surface area contributed by atoms with Gasteiger partial charge in [0.2, 0.25) is 0 Å². The van der Waals surface area contributed by atoms with Gasteiger partial charge >= 0.3 is 0 Å². The Bertz CT molecular complexity index is 698. The first-order chi connectivity index (χ1) is 11.6.